The van der Waals surface area contributed by atoms with Crippen LogP contribution in [0.2, 0.25) is 0 Å². The molecule has 0 saturated carbocycles. The molecule has 0 saturated heterocycles. The number of benzene rings is 2. The Morgan fingerprint density at radius 2 is 1.95 bits per heavy atom. The van der Waals surface area contributed by atoms with Crippen molar-refractivity contribution in [2.45, 2.75) is 13.8 Å². The van der Waals surface area contributed by atoms with Gasteiger partial charge >= 0.3 is 0 Å². The second-order valence-corrected chi connectivity index (χ2v) is 5.02. The summed E-state index contributed by atoms with van der Waals surface area (Å²) in [6.07, 6.45) is 0. The zero-order valence-electron chi connectivity index (χ0n) is 12.4. The largest absolute Gasteiger partial charge is 0.398 e. The van der Waals surface area contributed by atoms with E-state index in [1.54, 1.807) is 50.2 Å². The standard InChI is InChI=1S/C17H16N4O/c1-10-7-12(9-18)3-5-14(10)17(22)21-13-4-6-16(20)15(8-13)11(2)19/h3-8,19H,20H2,1-2H3,(H,21,22). The first-order valence-corrected chi connectivity index (χ1v) is 6.69. The fourth-order valence-electron chi connectivity index (χ4n) is 2.15. The summed E-state index contributed by atoms with van der Waals surface area (Å²) in [7, 11) is 0. The highest BCUT2D eigenvalue weighted by Crippen LogP contribution is 2.20. The molecule has 2 aromatic carbocycles. The molecule has 22 heavy (non-hydrogen) atoms. The molecule has 1 amide bonds. The van der Waals surface area contributed by atoms with E-state index >= 15 is 0 Å². The van der Waals surface area contributed by atoms with Crippen LogP contribution in [0, 0.1) is 23.7 Å². The Morgan fingerprint density at radius 3 is 2.55 bits per heavy atom. The van der Waals surface area contributed by atoms with Crippen LogP contribution in [-0.4, -0.2) is 11.6 Å². The predicted octanol–water partition coefficient (Wildman–Crippen LogP) is 3.09. The lowest BCUT2D eigenvalue weighted by molar-refractivity contribution is 0.102. The molecule has 0 aromatic heterocycles. The van der Waals surface area contributed by atoms with Crippen molar-refractivity contribution in [3.05, 3.63) is 58.7 Å². The smallest absolute Gasteiger partial charge is 0.255 e. The van der Waals surface area contributed by atoms with Crippen molar-refractivity contribution in [2.24, 2.45) is 0 Å². The van der Waals surface area contributed by atoms with Crippen molar-refractivity contribution in [2.75, 3.05) is 11.1 Å². The van der Waals surface area contributed by atoms with Gasteiger partial charge in [0.05, 0.1) is 11.6 Å². The molecule has 0 bridgehead atoms. The Morgan fingerprint density at radius 1 is 1.23 bits per heavy atom. The molecule has 0 unspecified atom stereocenters. The number of hydrogen-bond donors (Lipinski definition) is 3. The molecular formula is C17H16N4O. The molecule has 5 nitrogen and oxygen atoms in total. The number of nitrogens with two attached hydrogens (primary N) is 1. The van der Waals surface area contributed by atoms with Gasteiger partial charge in [0.25, 0.3) is 5.91 Å². The van der Waals surface area contributed by atoms with Crippen molar-refractivity contribution in [1.29, 1.82) is 10.7 Å². The second kappa shape index (κ2) is 6.10. The van der Waals surface area contributed by atoms with Gasteiger partial charge in [0, 0.05) is 28.2 Å². The van der Waals surface area contributed by atoms with Crippen LogP contribution < -0.4 is 11.1 Å². The van der Waals surface area contributed by atoms with Gasteiger partial charge in [-0.05, 0) is 55.8 Å². The zero-order valence-corrected chi connectivity index (χ0v) is 12.4. The third-order valence-electron chi connectivity index (χ3n) is 3.32. The van der Waals surface area contributed by atoms with E-state index in [0.29, 0.717) is 33.8 Å². The monoisotopic (exact) mass is 292 g/mol. The molecular weight excluding hydrogens is 276 g/mol. The minimum atomic E-state index is -0.264. The summed E-state index contributed by atoms with van der Waals surface area (Å²) in [5, 5.41) is 19.3. The summed E-state index contributed by atoms with van der Waals surface area (Å²) in [4.78, 5) is 12.3. The number of nitrogen functional groups attached to an aromatic ring is 1. The third-order valence-corrected chi connectivity index (χ3v) is 3.32. The molecule has 2 rings (SSSR count). The molecule has 0 atom stereocenters. The molecule has 5 heteroatoms. The maximum atomic E-state index is 12.3. The highest BCUT2D eigenvalue weighted by atomic mass is 16.1. The maximum Gasteiger partial charge on any atom is 0.255 e. The molecule has 0 heterocycles. The number of amides is 1. The quantitative estimate of drug-likeness (QED) is 0.598. The molecule has 4 N–H and O–H groups in total. The van der Waals surface area contributed by atoms with Crippen molar-refractivity contribution >= 4 is 23.0 Å². The lowest BCUT2D eigenvalue weighted by atomic mass is 10.0. The summed E-state index contributed by atoms with van der Waals surface area (Å²) in [6.45, 7) is 3.42. The van der Waals surface area contributed by atoms with Crippen LogP contribution in [0.25, 0.3) is 0 Å². The van der Waals surface area contributed by atoms with Crippen LogP contribution in [0.3, 0.4) is 0 Å². The normalized spacial score (nSPS) is 9.86. The number of aryl methyl sites for hydroxylation is 1. The molecule has 2 aromatic rings. The zero-order chi connectivity index (χ0) is 16.3. The molecule has 0 aliphatic heterocycles. The van der Waals surface area contributed by atoms with Gasteiger partial charge in [0.2, 0.25) is 0 Å². The van der Waals surface area contributed by atoms with Crippen LogP contribution in [0.5, 0.6) is 0 Å². The first-order valence-electron chi connectivity index (χ1n) is 6.69. The maximum absolute atomic E-state index is 12.3. The molecule has 0 fully saturated rings. The van der Waals surface area contributed by atoms with Crippen LogP contribution in [-0.2, 0) is 0 Å². The van der Waals surface area contributed by atoms with Gasteiger partial charge in [-0.1, -0.05) is 0 Å². The minimum absolute atomic E-state index is 0.264. The highest BCUT2D eigenvalue weighted by Gasteiger charge is 2.11. The Bertz CT molecular complexity index is 803. The number of nitrogens with zero attached hydrogens (tertiary/aromatic N) is 1. The first kappa shape index (κ1) is 15.3. The van der Waals surface area contributed by atoms with Crippen LogP contribution >= 0.6 is 0 Å². The van der Waals surface area contributed by atoms with Gasteiger partial charge in [0.15, 0.2) is 0 Å². The number of nitriles is 1. The first-order chi connectivity index (χ1) is 10.4. The van der Waals surface area contributed by atoms with Crippen LogP contribution in [0.4, 0.5) is 11.4 Å². The number of carbonyl (C=O) groups excluding carboxylic acids is 1. The van der Waals surface area contributed by atoms with E-state index in [1.807, 2.05) is 6.07 Å². The third kappa shape index (κ3) is 3.13. The minimum Gasteiger partial charge on any atom is -0.398 e. The molecule has 110 valence electrons. The van der Waals surface area contributed by atoms with E-state index in [1.165, 1.54) is 0 Å². The average Bonchev–Trinajstić information content (AvgIpc) is 2.48. The van der Waals surface area contributed by atoms with Crippen molar-refractivity contribution in [3.8, 4) is 6.07 Å². The van der Waals surface area contributed by atoms with Crippen molar-refractivity contribution in [1.82, 2.24) is 0 Å². The molecule has 0 aliphatic carbocycles. The SMILES string of the molecule is CC(=N)c1cc(NC(=O)c2ccc(C#N)cc2C)ccc1N. The van der Waals surface area contributed by atoms with E-state index in [-0.39, 0.29) is 5.91 Å². The summed E-state index contributed by atoms with van der Waals surface area (Å²) in [6, 6.07) is 12.0. The van der Waals surface area contributed by atoms with Gasteiger partial charge in [-0.25, -0.2) is 0 Å². The molecule has 0 spiro atoms. The number of rotatable bonds is 3. The van der Waals surface area contributed by atoms with E-state index in [0.717, 1.165) is 5.56 Å². The van der Waals surface area contributed by atoms with Crippen LogP contribution in [0.15, 0.2) is 36.4 Å². The van der Waals surface area contributed by atoms with Gasteiger partial charge < -0.3 is 16.5 Å². The lowest BCUT2D eigenvalue weighted by Crippen LogP contribution is -2.14. The van der Waals surface area contributed by atoms with Crippen molar-refractivity contribution in [3.63, 3.8) is 0 Å². The number of anilines is 2. The Balaban J connectivity index is 2.28. The average molecular weight is 292 g/mol. The van der Waals surface area contributed by atoms with E-state index < -0.39 is 0 Å². The number of nitrogens with one attached hydrogen (secondary N) is 2. The fraction of sp³-hybridized carbons (Fsp3) is 0.118. The Kier molecular flexibility index (Phi) is 4.23. The second-order valence-electron chi connectivity index (χ2n) is 5.02. The van der Waals surface area contributed by atoms with Gasteiger partial charge in [0.1, 0.15) is 0 Å². The van der Waals surface area contributed by atoms with Crippen LogP contribution in [0.1, 0.15) is 34.0 Å². The topological polar surface area (TPSA) is 103 Å². The molecule has 0 radical (unpaired) electrons. The highest BCUT2D eigenvalue weighted by molar-refractivity contribution is 6.07. The Hall–Kier alpha value is -3.13. The summed E-state index contributed by atoms with van der Waals surface area (Å²) in [5.74, 6) is -0.264. The number of hydrogen-bond acceptors (Lipinski definition) is 4. The predicted molar refractivity (Wildman–Crippen MR) is 87.2 cm³/mol. The summed E-state index contributed by atoms with van der Waals surface area (Å²) in [5.41, 5.74) is 9.56. The lowest BCUT2D eigenvalue weighted by Gasteiger charge is -2.10. The van der Waals surface area contributed by atoms with E-state index in [9.17, 15) is 4.79 Å². The van der Waals surface area contributed by atoms with Gasteiger partial charge in [-0.2, -0.15) is 5.26 Å². The Labute approximate surface area is 128 Å². The van der Waals surface area contributed by atoms with Gasteiger partial charge in [-0.3, -0.25) is 4.79 Å². The number of carbonyl (C=O) groups is 1. The van der Waals surface area contributed by atoms with Crippen molar-refractivity contribution < 1.29 is 4.79 Å². The summed E-state index contributed by atoms with van der Waals surface area (Å²) < 4.78 is 0. The summed E-state index contributed by atoms with van der Waals surface area (Å²) >= 11 is 0. The van der Waals surface area contributed by atoms with Gasteiger partial charge in [-0.15, -0.1) is 0 Å². The fourth-order valence-corrected chi connectivity index (χ4v) is 2.15. The van der Waals surface area contributed by atoms with E-state index in [4.69, 9.17) is 16.4 Å². The molecule has 0 aliphatic rings. The van der Waals surface area contributed by atoms with E-state index in [2.05, 4.69) is 5.32 Å².